The molecule has 0 atom stereocenters. The van der Waals surface area contributed by atoms with Gasteiger partial charge in [-0.2, -0.15) is 0 Å². The van der Waals surface area contributed by atoms with E-state index in [2.05, 4.69) is 10.6 Å². The summed E-state index contributed by atoms with van der Waals surface area (Å²) in [5, 5.41) is 1.03. The highest BCUT2D eigenvalue weighted by Crippen LogP contribution is 2.38. The average Bonchev–Trinajstić information content (AvgIpc) is 3.06. The van der Waals surface area contributed by atoms with Crippen LogP contribution in [0.2, 0.25) is 10.0 Å². The third-order valence-corrected chi connectivity index (χ3v) is 5.84. The van der Waals surface area contributed by atoms with Gasteiger partial charge in [-0.1, -0.05) is 47.5 Å². The van der Waals surface area contributed by atoms with Crippen molar-refractivity contribution in [2.24, 2.45) is 0 Å². The Bertz CT molecular complexity index is 1110. The van der Waals surface area contributed by atoms with Gasteiger partial charge < -0.3 is 9.47 Å². The molecule has 0 fully saturated rings. The first-order chi connectivity index (χ1) is 12.9. The van der Waals surface area contributed by atoms with Gasteiger partial charge in [0.1, 0.15) is 0 Å². The fraction of sp³-hybridized carbons (Fsp3) is 0.136. The van der Waals surface area contributed by atoms with Crippen LogP contribution in [0, 0.1) is 13.8 Å². The van der Waals surface area contributed by atoms with Gasteiger partial charge in [0.2, 0.25) is 0 Å². The number of nitrogens with zero attached hydrogens (tertiary/aromatic N) is 2. The molecule has 5 heteroatoms. The van der Waals surface area contributed by atoms with Gasteiger partial charge in [0.25, 0.3) is 5.91 Å². The lowest BCUT2D eigenvalue weighted by atomic mass is 10.0. The molecule has 0 saturated heterocycles. The Morgan fingerprint density at radius 1 is 0.963 bits per heavy atom. The molecule has 1 amide bonds. The van der Waals surface area contributed by atoms with E-state index in [0.717, 1.165) is 33.9 Å². The Balaban J connectivity index is 1.87. The fourth-order valence-electron chi connectivity index (χ4n) is 3.66. The van der Waals surface area contributed by atoms with Crippen molar-refractivity contribution in [3.8, 4) is 5.69 Å². The van der Waals surface area contributed by atoms with Gasteiger partial charge in [-0.25, -0.2) is 0 Å². The maximum Gasteiger partial charge on any atom is 0.258 e. The van der Waals surface area contributed by atoms with E-state index in [1.165, 1.54) is 0 Å². The van der Waals surface area contributed by atoms with E-state index in [-0.39, 0.29) is 5.91 Å². The van der Waals surface area contributed by atoms with E-state index >= 15 is 0 Å². The molecule has 136 valence electrons. The molecule has 1 aromatic heterocycles. The van der Waals surface area contributed by atoms with E-state index in [0.29, 0.717) is 15.6 Å². The summed E-state index contributed by atoms with van der Waals surface area (Å²) in [7, 11) is 1.80. The number of hydrogen-bond acceptors (Lipinski definition) is 1. The zero-order valence-electron chi connectivity index (χ0n) is 15.3. The Hall–Kier alpha value is -2.49. The smallest absolute Gasteiger partial charge is 0.258 e. The van der Waals surface area contributed by atoms with Crippen molar-refractivity contribution >= 4 is 46.4 Å². The minimum absolute atomic E-state index is 0.00166. The number of carbonyl (C=O) groups excluding carboxylic acids is 1. The number of carbonyl (C=O) groups is 1. The Kier molecular flexibility index (Phi) is 4.37. The first-order valence-electron chi connectivity index (χ1n) is 8.62. The van der Waals surface area contributed by atoms with Crippen LogP contribution in [0.25, 0.3) is 17.3 Å². The molecule has 0 saturated carbocycles. The number of benzene rings is 2. The summed E-state index contributed by atoms with van der Waals surface area (Å²) in [5.41, 5.74) is 6.43. The van der Waals surface area contributed by atoms with E-state index in [4.69, 9.17) is 23.2 Å². The van der Waals surface area contributed by atoms with Crippen LogP contribution >= 0.6 is 23.2 Å². The fourth-order valence-corrected chi connectivity index (χ4v) is 4.04. The molecule has 2 heterocycles. The molecule has 0 unspecified atom stereocenters. The van der Waals surface area contributed by atoms with Crippen LogP contribution in [0.3, 0.4) is 0 Å². The quantitative estimate of drug-likeness (QED) is 0.493. The number of hydrogen-bond donors (Lipinski definition) is 0. The zero-order chi connectivity index (χ0) is 19.3. The topological polar surface area (TPSA) is 25.2 Å². The van der Waals surface area contributed by atoms with Gasteiger partial charge in [0.05, 0.1) is 21.4 Å². The number of rotatable bonds is 2. The zero-order valence-corrected chi connectivity index (χ0v) is 16.8. The lowest BCUT2D eigenvalue weighted by molar-refractivity contribution is -0.112. The first kappa shape index (κ1) is 17.9. The van der Waals surface area contributed by atoms with Gasteiger partial charge in [-0.3, -0.25) is 4.79 Å². The molecular weight excluding hydrogens is 379 g/mol. The van der Waals surface area contributed by atoms with Crippen molar-refractivity contribution in [1.82, 2.24) is 4.57 Å². The monoisotopic (exact) mass is 396 g/mol. The molecule has 1 aliphatic heterocycles. The molecule has 0 aliphatic carbocycles. The van der Waals surface area contributed by atoms with Crippen LogP contribution in [0.4, 0.5) is 5.69 Å². The van der Waals surface area contributed by atoms with Gasteiger partial charge in [0, 0.05) is 29.6 Å². The second-order valence-corrected chi connectivity index (χ2v) is 7.46. The average molecular weight is 397 g/mol. The second kappa shape index (κ2) is 6.59. The van der Waals surface area contributed by atoms with Gasteiger partial charge in [0.15, 0.2) is 0 Å². The van der Waals surface area contributed by atoms with Crippen molar-refractivity contribution in [2.45, 2.75) is 13.8 Å². The predicted octanol–water partition coefficient (Wildman–Crippen LogP) is 5.92. The number of para-hydroxylation sites is 1. The number of halogens is 2. The minimum atomic E-state index is 0.00166. The van der Waals surface area contributed by atoms with Crippen LogP contribution in [-0.4, -0.2) is 17.5 Å². The maximum atomic E-state index is 12.8. The maximum absolute atomic E-state index is 12.8. The standard InChI is InChI=1S/C22H18Cl2N2O/c1-13-11-15(14(2)26(13)20-10-6-8-18(23)21(20)24)12-17-16-7-4-5-9-19(16)25(3)22(17)27/h4-12H,1-3H3/b17-12+. The number of anilines is 1. The van der Waals surface area contributed by atoms with Crippen LogP contribution in [0.15, 0.2) is 48.5 Å². The highest BCUT2D eigenvalue weighted by Gasteiger charge is 2.29. The molecular formula is C22H18Cl2N2O. The first-order valence-corrected chi connectivity index (χ1v) is 9.38. The number of amides is 1. The molecule has 0 radical (unpaired) electrons. The van der Waals surface area contributed by atoms with Crippen LogP contribution in [-0.2, 0) is 4.79 Å². The minimum Gasteiger partial charge on any atom is -0.316 e. The normalized spacial score (nSPS) is 14.9. The van der Waals surface area contributed by atoms with Crippen LogP contribution in [0.1, 0.15) is 22.5 Å². The van der Waals surface area contributed by atoms with Crippen molar-refractivity contribution in [3.63, 3.8) is 0 Å². The summed E-state index contributed by atoms with van der Waals surface area (Å²) in [6.45, 7) is 4.04. The van der Waals surface area contributed by atoms with E-state index in [9.17, 15) is 4.79 Å². The summed E-state index contributed by atoms with van der Waals surface area (Å²) in [6.07, 6.45) is 1.96. The molecule has 0 bridgehead atoms. The predicted molar refractivity (Wildman–Crippen MR) is 113 cm³/mol. The summed E-state index contributed by atoms with van der Waals surface area (Å²) in [5.74, 6) is 0.00166. The second-order valence-electron chi connectivity index (χ2n) is 6.67. The van der Waals surface area contributed by atoms with Crippen LogP contribution in [0.5, 0.6) is 0 Å². The van der Waals surface area contributed by atoms with Crippen LogP contribution < -0.4 is 4.90 Å². The summed E-state index contributed by atoms with van der Waals surface area (Å²) < 4.78 is 2.07. The molecule has 1 aliphatic rings. The number of aryl methyl sites for hydroxylation is 1. The van der Waals surface area contributed by atoms with E-state index in [1.807, 2.05) is 56.3 Å². The molecule has 3 nitrogen and oxygen atoms in total. The summed E-state index contributed by atoms with van der Waals surface area (Å²) in [4.78, 5) is 14.4. The molecule has 0 N–H and O–H groups in total. The number of aromatic nitrogens is 1. The van der Waals surface area contributed by atoms with Crippen molar-refractivity contribution in [2.75, 3.05) is 11.9 Å². The SMILES string of the molecule is Cc1cc(/C=C2/C(=O)N(C)c3ccccc32)c(C)n1-c1cccc(Cl)c1Cl. The highest BCUT2D eigenvalue weighted by molar-refractivity contribution is 6.43. The number of likely N-dealkylation sites (N-methyl/N-ethyl adjacent to an activating group) is 1. The lowest BCUT2D eigenvalue weighted by Crippen LogP contribution is -2.20. The Morgan fingerprint density at radius 3 is 2.44 bits per heavy atom. The van der Waals surface area contributed by atoms with Gasteiger partial charge in [-0.15, -0.1) is 0 Å². The van der Waals surface area contributed by atoms with Gasteiger partial charge in [-0.05, 0) is 49.8 Å². The lowest BCUT2D eigenvalue weighted by Gasteiger charge is -2.12. The molecule has 3 aromatic rings. The third-order valence-electron chi connectivity index (χ3n) is 5.03. The van der Waals surface area contributed by atoms with Crippen molar-refractivity contribution in [1.29, 1.82) is 0 Å². The highest BCUT2D eigenvalue weighted by atomic mass is 35.5. The molecule has 0 spiro atoms. The Morgan fingerprint density at radius 2 is 1.67 bits per heavy atom. The molecule has 2 aromatic carbocycles. The largest absolute Gasteiger partial charge is 0.316 e. The Labute approximate surface area is 168 Å². The van der Waals surface area contributed by atoms with E-state index < -0.39 is 0 Å². The van der Waals surface area contributed by atoms with Crippen molar-refractivity contribution < 1.29 is 4.79 Å². The molecule has 27 heavy (non-hydrogen) atoms. The van der Waals surface area contributed by atoms with E-state index in [1.54, 1.807) is 18.0 Å². The molecule has 4 rings (SSSR count). The number of fused-ring (bicyclic) bond motifs is 1. The summed E-state index contributed by atoms with van der Waals surface area (Å²) >= 11 is 12.6. The van der Waals surface area contributed by atoms with Crippen molar-refractivity contribution in [3.05, 3.63) is 81.1 Å². The third kappa shape index (κ3) is 2.78. The van der Waals surface area contributed by atoms with Gasteiger partial charge >= 0.3 is 0 Å². The summed E-state index contributed by atoms with van der Waals surface area (Å²) in [6, 6.07) is 15.5.